The Hall–Kier alpha value is -2.87. The summed E-state index contributed by atoms with van der Waals surface area (Å²) in [5.74, 6) is -1.04. The highest BCUT2D eigenvalue weighted by molar-refractivity contribution is 5.87. The number of rotatable bonds is 6. The third-order valence-electron chi connectivity index (χ3n) is 5.15. The van der Waals surface area contributed by atoms with E-state index in [1.165, 1.54) is 12.3 Å². The van der Waals surface area contributed by atoms with Crippen molar-refractivity contribution in [3.8, 4) is 17.1 Å². The largest absolute Gasteiger partial charge is 0.488 e. The number of carboxylic acids is 1. The number of hydrogen-bond donors (Lipinski definition) is 2. The summed E-state index contributed by atoms with van der Waals surface area (Å²) < 4.78 is 12.4. The van der Waals surface area contributed by atoms with Gasteiger partial charge in [-0.25, -0.2) is 4.79 Å². The fourth-order valence-corrected chi connectivity index (χ4v) is 3.63. The maximum absolute atomic E-state index is 12.5. The van der Waals surface area contributed by atoms with Crippen molar-refractivity contribution < 1.29 is 19.4 Å². The molecular weight excluding hydrogens is 376 g/mol. The first-order valence-electron chi connectivity index (χ1n) is 9.51. The monoisotopic (exact) mass is 402 g/mol. The Bertz CT molecular complexity index is 1040. The lowest BCUT2D eigenvalue weighted by Crippen LogP contribution is -2.34. The molecule has 3 rings (SSSR count). The number of aromatic carboxylic acids is 1. The lowest BCUT2D eigenvalue weighted by molar-refractivity contribution is 0.0693. The Balaban J connectivity index is 2.12. The van der Waals surface area contributed by atoms with E-state index >= 15 is 0 Å². The predicted molar refractivity (Wildman–Crippen MR) is 108 cm³/mol. The number of carbonyl (C=O) groups is 1. The molecule has 2 N–H and O–H groups in total. The Morgan fingerprint density at radius 1 is 1.28 bits per heavy atom. The van der Waals surface area contributed by atoms with Crippen LogP contribution in [0.1, 0.15) is 49.2 Å². The van der Waals surface area contributed by atoms with E-state index in [2.05, 4.69) is 25.8 Å². The van der Waals surface area contributed by atoms with Gasteiger partial charge in [0.25, 0.3) is 5.56 Å². The molecule has 2 aromatic heterocycles. The fourth-order valence-electron chi connectivity index (χ4n) is 3.63. The van der Waals surface area contributed by atoms with Crippen LogP contribution in [0.3, 0.4) is 0 Å². The van der Waals surface area contributed by atoms with Gasteiger partial charge in [0.2, 0.25) is 0 Å². The zero-order valence-corrected chi connectivity index (χ0v) is 17.1. The van der Waals surface area contributed by atoms with Crippen molar-refractivity contribution >= 4 is 5.97 Å². The summed E-state index contributed by atoms with van der Waals surface area (Å²) in [6, 6.07) is 2.91. The SMILES string of the molecule is COCCCOc1cc2c([nH]c1=O)-c1cc(=O)c(C(=O)O)cn1C(C(C)(C)C)C2. The van der Waals surface area contributed by atoms with Crippen molar-refractivity contribution in [1.29, 1.82) is 0 Å². The number of pyridine rings is 2. The Morgan fingerprint density at radius 3 is 2.62 bits per heavy atom. The average molecular weight is 402 g/mol. The van der Waals surface area contributed by atoms with Crippen LogP contribution in [0.4, 0.5) is 0 Å². The molecule has 0 fully saturated rings. The van der Waals surface area contributed by atoms with Gasteiger partial charge in [0, 0.05) is 38.4 Å². The maximum atomic E-state index is 12.5. The van der Waals surface area contributed by atoms with Crippen LogP contribution < -0.4 is 15.7 Å². The number of H-pyrrole nitrogens is 1. The number of aromatic nitrogens is 2. The number of ether oxygens (including phenoxy) is 2. The normalized spacial score (nSPS) is 15.5. The van der Waals surface area contributed by atoms with Crippen LogP contribution in [0.25, 0.3) is 11.4 Å². The first-order chi connectivity index (χ1) is 13.6. The zero-order chi connectivity index (χ0) is 21.3. The third kappa shape index (κ3) is 4.12. The number of methoxy groups -OCH3 is 1. The van der Waals surface area contributed by atoms with Crippen molar-refractivity contribution in [2.45, 2.75) is 39.7 Å². The van der Waals surface area contributed by atoms with Crippen LogP contribution in [0.2, 0.25) is 0 Å². The fraction of sp³-hybridized carbons (Fsp3) is 0.476. The lowest BCUT2D eigenvalue weighted by atomic mass is 9.80. The van der Waals surface area contributed by atoms with Gasteiger partial charge in [-0.1, -0.05) is 20.8 Å². The molecule has 1 atom stereocenters. The van der Waals surface area contributed by atoms with Gasteiger partial charge in [-0.3, -0.25) is 9.59 Å². The third-order valence-corrected chi connectivity index (χ3v) is 5.15. The minimum atomic E-state index is -1.27. The summed E-state index contributed by atoms with van der Waals surface area (Å²) in [7, 11) is 1.60. The molecule has 1 aliphatic heterocycles. The summed E-state index contributed by atoms with van der Waals surface area (Å²) in [6.07, 6.45) is 2.61. The molecule has 0 amide bonds. The second-order valence-electron chi connectivity index (χ2n) is 8.29. The standard InChI is InChI=1S/C21H26N2O6/c1-21(2,3)17-9-12-8-16(29-7-5-6-28-4)19(25)22-18(12)14-10-15(24)13(20(26)27)11-23(14)17/h8,10-11,17H,5-7,9H2,1-4H3,(H,22,25)(H,26,27). The van der Waals surface area contributed by atoms with Gasteiger partial charge in [0.1, 0.15) is 5.56 Å². The second kappa shape index (κ2) is 7.87. The van der Waals surface area contributed by atoms with Crippen LogP contribution in [0.15, 0.2) is 27.9 Å². The highest BCUT2D eigenvalue weighted by Gasteiger charge is 2.34. The van der Waals surface area contributed by atoms with E-state index in [1.54, 1.807) is 17.7 Å². The molecule has 1 unspecified atom stereocenters. The lowest BCUT2D eigenvalue weighted by Gasteiger charge is -2.38. The molecule has 2 aromatic rings. The molecule has 0 radical (unpaired) electrons. The van der Waals surface area contributed by atoms with Crippen LogP contribution in [0.5, 0.6) is 5.75 Å². The van der Waals surface area contributed by atoms with E-state index in [-0.39, 0.29) is 22.8 Å². The van der Waals surface area contributed by atoms with Gasteiger partial charge in [-0.05, 0) is 23.5 Å². The maximum Gasteiger partial charge on any atom is 0.341 e. The molecule has 1 aliphatic rings. The van der Waals surface area contributed by atoms with Gasteiger partial charge in [0.05, 0.1) is 18.0 Å². The molecule has 0 aliphatic carbocycles. The number of hydrogen-bond acceptors (Lipinski definition) is 5. The minimum absolute atomic E-state index is 0.101. The second-order valence-corrected chi connectivity index (χ2v) is 8.29. The van der Waals surface area contributed by atoms with E-state index < -0.39 is 17.0 Å². The van der Waals surface area contributed by atoms with Crippen LogP contribution in [-0.2, 0) is 11.2 Å². The number of carboxylic acid groups (broad SMARTS) is 1. The van der Waals surface area contributed by atoms with E-state index in [1.807, 2.05) is 0 Å². The van der Waals surface area contributed by atoms with Gasteiger partial charge in [0.15, 0.2) is 11.2 Å². The molecule has 0 aromatic carbocycles. The average Bonchev–Trinajstić information content (AvgIpc) is 2.63. The van der Waals surface area contributed by atoms with E-state index in [0.29, 0.717) is 37.4 Å². The first kappa shape index (κ1) is 20.9. The smallest absolute Gasteiger partial charge is 0.341 e. The highest BCUT2D eigenvalue weighted by atomic mass is 16.5. The van der Waals surface area contributed by atoms with E-state index in [9.17, 15) is 19.5 Å². The molecule has 8 heteroatoms. The quantitative estimate of drug-likeness (QED) is 0.718. The zero-order valence-electron chi connectivity index (χ0n) is 17.1. The summed E-state index contributed by atoms with van der Waals surface area (Å²) in [4.78, 5) is 39.1. The van der Waals surface area contributed by atoms with Crippen molar-refractivity contribution in [1.82, 2.24) is 9.55 Å². The van der Waals surface area contributed by atoms with Gasteiger partial charge < -0.3 is 24.1 Å². The van der Waals surface area contributed by atoms with Gasteiger partial charge in [-0.2, -0.15) is 0 Å². The summed E-state index contributed by atoms with van der Waals surface area (Å²) >= 11 is 0. The number of fused-ring (bicyclic) bond motifs is 3. The summed E-state index contributed by atoms with van der Waals surface area (Å²) in [5, 5.41) is 9.36. The molecule has 8 nitrogen and oxygen atoms in total. The van der Waals surface area contributed by atoms with Crippen LogP contribution in [-0.4, -0.2) is 41.0 Å². The Labute approximate surface area is 168 Å². The van der Waals surface area contributed by atoms with E-state index in [4.69, 9.17) is 9.47 Å². The Kier molecular flexibility index (Phi) is 5.66. The Morgan fingerprint density at radius 2 is 2.00 bits per heavy atom. The molecule has 0 bridgehead atoms. The molecule has 29 heavy (non-hydrogen) atoms. The molecule has 3 heterocycles. The molecule has 156 valence electrons. The first-order valence-corrected chi connectivity index (χ1v) is 9.51. The van der Waals surface area contributed by atoms with Crippen LogP contribution >= 0.6 is 0 Å². The number of nitrogens with one attached hydrogen (secondary N) is 1. The van der Waals surface area contributed by atoms with E-state index in [0.717, 1.165) is 5.56 Å². The number of nitrogens with zero attached hydrogens (tertiary/aromatic N) is 1. The van der Waals surface area contributed by atoms with Gasteiger partial charge in [-0.15, -0.1) is 0 Å². The topological polar surface area (TPSA) is 111 Å². The predicted octanol–water partition coefficient (Wildman–Crippen LogP) is 2.46. The summed E-state index contributed by atoms with van der Waals surface area (Å²) in [5.41, 5.74) is 0.396. The molecule has 0 spiro atoms. The van der Waals surface area contributed by atoms with Gasteiger partial charge >= 0.3 is 5.97 Å². The van der Waals surface area contributed by atoms with Crippen molar-refractivity contribution in [2.75, 3.05) is 20.3 Å². The van der Waals surface area contributed by atoms with Crippen molar-refractivity contribution in [2.24, 2.45) is 5.41 Å². The van der Waals surface area contributed by atoms with Crippen LogP contribution in [0, 0.1) is 5.41 Å². The highest BCUT2D eigenvalue weighted by Crippen LogP contribution is 2.41. The molecular formula is C21H26N2O6. The van der Waals surface area contributed by atoms with Crippen molar-refractivity contribution in [3.05, 3.63) is 50.0 Å². The summed E-state index contributed by atoms with van der Waals surface area (Å²) in [6.45, 7) is 7.06. The number of aromatic amines is 1. The molecule has 0 saturated heterocycles. The van der Waals surface area contributed by atoms with Crippen molar-refractivity contribution in [3.63, 3.8) is 0 Å². The minimum Gasteiger partial charge on any atom is -0.488 e. The molecule has 0 saturated carbocycles.